The highest BCUT2D eigenvalue weighted by atomic mass is 32.2. The van der Waals surface area contributed by atoms with Gasteiger partial charge in [-0.15, -0.1) is 0 Å². The molecule has 0 aliphatic carbocycles. The van der Waals surface area contributed by atoms with E-state index in [2.05, 4.69) is 11.8 Å². The predicted octanol–water partition coefficient (Wildman–Crippen LogP) is 6.25. The molecule has 1 aromatic heterocycles. The van der Waals surface area contributed by atoms with Crippen LogP contribution >= 0.6 is 0 Å². The number of benzene rings is 4. The number of para-hydroxylation sites is 1. The van der Waals surface area contributed by atoms with E-state index in [-0.39, 0.29) is 4.90 Å². The van der Waals surface area contributed by atoms with Gasteiger partial charge in [-0.3, -0.25) is 0 Å². The Kier molecular flexibility index (Phi) is 5.34. The number of aromatic nitrogens is 1. The molecule has 0 saturated carbocycles. The summed E-state index contributed by atoms with van der Waals surface area (Å²) in [6.07, 6.45) is 0. The van der Waals surface area contributed by atoms with Crippen molar-refractivity contribution in [2.75, 3.05) is 0 Å². The zero-order valence-corrected chi connectivity index (χ0v) is 18.9. The van der Waals surface area contributed by atoms with Crippen molar-refractivity contribution in [1.29, 1.82) is 0 Å². The monoisotopic (exact) mass is 447 g/mol. The summed E-state index contributed by atoms with van der Waals surface area (Å²) in [6.45, 7) is 1.94. The highest BCUT2D eigenvalue weighted by molar-refractivity contribution is 7.90. The van der Waals surface area contributed by atoms with Gasteiger partial charge in [-0.05, 0) is 48.7 Å². The third-order valence-electron chi connectivity index (χ3n) is 5.55. The van der Waals surface area contributed by atoms with Crippen LogP contribution < -0.4 is 0 Å². The summed E-state index contributed by atoms with van der Waals surface area (Å²) in [6, 6.07) is 33.9. The van der Waals surface area contributed by atoms with Gasteiger partial charge in [-0.25, -0.2) is 12.4 Å². The molecule has 0 spiro atoms. The Bertz CT molecular complexity index is 1600. The van der Waals surface area contributed by atoms with Gasteiger partial charge in [0, 0.05) is 16.5 Å². The fourth-order valence-electron chi connectivity index (χ4n) is 3.94. The fraction of sp³-hybridized carbons (Fsp3) is 0.0345. The normalized spacial score (nSPS) is 11.2. The fourth-order valence-corrected chi connectivity index (χ4v) is 5.43. The molecule has 0 bridgehead atoms. The highest BCUT2D eigenvalue weighted by Gasteiger charge is 2.26. The second kappa shape index (κ2) is 8.46. The standard InChI is InChI=1S/C29H21NO2S/c1-22-16-19-25(20-17-22)33(31,32)30-27-15-9-8-14-26(27)29(24-12-6-3-7-13-24)28(30)21-18-23-10-4-2-5-11-23/h2-17,19-20H,1H3. The molecule has 0 N–H and O–H groups in total. The quantitative estimate of drug-likeness (QED) is 0.307. The van der Waals surface area contributed by atoms with Gasteiger partial charge in [0.2, 0.25) is 0 Å². The Hall–Kier alpha value is -4.07. The number of hydrogen-bond acceptors (Lipinski definition) is 2. The second-order valence-electron chi connectivity index (χ2n) is 7.81. The number of fused-ring (bicyclic) bond motifs is 1. The van der Waals surface area contributed by atoms with E-state index >= 15 is 0 Å². The molecule has 3 nitrogen and oxygen atoms in total. The lowest BCUT2D eigenvalue weighted by Crippen LogP contribution is -2.15. The van der Waals surface area contributed by atoms with Crippen LogP contribution in [-0.2, 0) is 10.0 Å². The topological polar surface area (TPSA) is 39.1 Å². The summed E-state index contributed by atoms with van der Waals surface area (Å²) < 4.78 is 29.3. The summed E-state index contributed by atoms with van der Waals surface area (Å²) in [7, 11) is -3.89. The molecule has 0 saturated heterocycles. The average molecular weight is 448 g/mol. The Morgan fingerprint density at radius 1 is 0.667 bits per heavy atom. The molecular weight excluding hydrogens is 426 g/mol. The minimum atomic E-state index is -3.89. The van der Waals surface area contributed by atoms with Gasteiger partial charge in [-0.1, -0.05) is 90.3 Å². The van der Waals surface area contributed by atoms with Crippen LogP contribution in [0.3, 0.4) is 0 Å². The molecule has 0 radical (unpaired) electrons. The number of rotatable bonds is 3. The van der Waals surface area contributed by atoms with Crippen LogP contribution in [0.2, 0.25) is 0 Å². The van der Waals surface area contributed by atoms with Crippen molar-refractivity contribution >= 4 is 20.9 Å². The third kappa shape index (κ3) is 3.84. The predicted molar refractivity (Wildman–Crippen MR) is 134 cm³/mol. The molecule has 5 rings (SSSR count). The maximum atomic E-state index is 13.9. The zero-order chi connectivity index (χ0) is 22.8. The van der Waals surface area contributed by atoms with E-state index in [9.17, 15) is 8.42 Å². The molecule has 5 aromatic rings. The Labute approximate surface area is 194 Å². The molecule has 0 fully saturated rings. The van der Waals surface area contributed by atoms with Gasteiger partial charge in [0.25, 0.3) is 10.0 Å². The first-order valence-corrected chi connectivity index (χ1v) is 12.1. The first-order valence-electron chi connectivity index (χ1n) is 10.6. The summed E-state index contributed by atoms with van der Waals surface area (Å²) in [5.74, 6) is 6.38. The van der Waals surface area contributed by atoms with Crippen LogP contribution in [0.5, 0.6) is 0 Å². The van der Waals surface area contributed by atoms with E-state index in [4.69, 9.17) is 0 Å². The molecule has 4 aromatic carbocycles. The lowest BCUT2D eigenvalue weighted by Gasteiger charge is -2.10. The number of nitrogens with zero attached hydrogens (tertiary/aromatic N) is 1. The second-order valence-corrected chi connectivity index (χ2v) is 9.59. The molecule has 33 heavy (non-hydrogen) atoms. The van der Waals surface area contributed by atoms with E-state index in [1.54, 1.807) is 12.1 Å². The van der Waals surface area contributed by atoms with Crippen LogP contribution in [0.4, 0.5) is 0 Å². The highest BCUT2D eigenvalue weighted by Crippen LogP contribution is 2.37. The molecule has 0 amide bonds. The van der Waals surface area contributed by atoms with E-state index in [0.717, 1.165) is 27.6 Å². The molecule has 4 heteroatoms. The Morgan fingerprint density at radius 2 is 1.27 bits per heavy atom. The SMILES string of the molecule is Cc1ccc(S(=O)(=O)n2c(C#Cc3ccccc3)c(-c3ccccc3)c3ccccc32)cc1. The third-order valence-corrected chi connectivity index (χ3v) is 7.28. The van der Waals surface area contributed by atoms with Crippen LogP contribution in [0.25, 0.3) is 22.0 Å². The van der Waals surface area contributed by atoms with Crippen molar-refractivity contribution in [2.24, 2.45) is 0 Å². The van der Waals surface area contributed by atoms with E-state index in [1.165, 1.54) is 3.97 Å². The summed E-state index contributed by atoms with van der Waals surface area (Å²) in [5.41, 5.74) is 4.61. The maximum Gasteiger partial charge on any atom is 0.269 e. The lowest BCUT2D eigenvalue weighted by atomic mass is 10.0. The first-order chi connectivity index (χ1) is 16.1. The van der Waals surface area contributed by atoms with Gasteiger partial charge in [-0.2, -0.15) is 0 Å². The lowest BCUT2D eigenvalue weighted by molar-refractivity contribution is 0.588. The van der Waals surface area contributed by atoms with Crippen molar-refractivity contribution in [3.63, 3.8) is 0 Å². The largest absolute Gasteiger partial charge is 0.269 e. The molecule has 1 heterocycles. The molecule has 0 atom stereocenters. The van der Waals surface area contributed by atoms with Crippen molar-refractivity contribution in [2.45, 2.75) is 11.8 Å². The van der Waals surface area contributed by atoms with E-state index < -0.39 is 10.0 Å². The summed E-state index contributed by atoms with van der Waals surface area (Å²) in [5, 5.41) is 0.844. The number of hydrogen-bond donors (Lipinski definition) is 0. The van der Waals surface area contributed by atoms with Crippen LogP contribution in [0.15, 0.2) is 114 Å². The molecule has 0 unspecified atom stereocenters. The minimum absolute atomic E-state index is 0.233. The molecular formula is C29H21NO2S. The van der Waals surface area contributed by atoms with Crippen LogP contribution in [-0.4, -0.2) is 12.4 Å². The first kappa shape index (κ1) is 20.8. The Morgan fingerprint density at radius 3 is 1.97 bits per heavy atom. The molecule has 0 aliphatic rings. The number of aryl methyl sites for hydroxylation is 1. The minimum Gasteiger partial charge on any atom is -0.225 e. The molecule has 160 valence electrons. The van der Waals surface area contributed by atoms with Crippen LogP contribution in [0.1, 0.15) is 16.8 Å². The van der Waals surface area contributed by atoms with Crippen molar-refractivity contribution in [3.8, 4) is 23.0 Å². The Balaban J connectivity index is 1.87. The van der Waals surface area contributed by atoms with Crippen molar-refractivity contribution in [3.05, 3.63) is 126 Å². The van der Waals surface area contributed by atoms with Gasteiger partial charge < -0.3 is 0 Å². The van der Waals surface area contributed by atoms with Gasteiger partial charge in [0.1, 0.15) is 5.69 Å². The van der Waals surface area contributed by atoms with Gasteiger partial charge in [0.05, 0.1) is 10.4 Å². The zero-order valence-electron chi connectivity index (χ0n) is 18.1. The smallest absolute Gasteiger partial charge is 0.225 e. The summed E-state index contributed by atoms with van der Waals surface area (Å²) in [4.78, 5) is 0.233. The van der Waals surface area contributed by atoms with Gasteiger partial charge >= 0.3 is 0 Å². The van der Waals surface area contributed by atoms with Gasteiger partial charge in [0.15, 0.2) is 0 Å². The summed E-state index contributed by atoms with van der Waals surface area (Å²) >= 11 is 0. The van der Waals surface area contributed by atoms with Crippen LogP contribution in [0, 0.1) is 18.8 Å². The average Bonchev–Trinajstić information content (AvgIpc) is 3.19. The van der Waals surface area contributed by atoms with Crippen molar-refractivity contribution < 1.29 is 8.42 Å². The maximum absolute atomic E-state index is 13.9. The molecule has 0 aliphatic heterocycles. The van der Waals surface area contributed by atoms with Crippen molar-refractivity contribution in [1.82, 2.24) is 3.97 Å². The van der Waals surface area contributed by atoms with E-state index in [0.29, 0.717) is 11.2 Å². The van der Waals surface area contributed by atoms with E-state index in [1.807, 2.05) is 104 Å².